The van der Waals surface area contributed by atoms with Gasteiger partial charge in [-0.25, -0.2) is 0 Å². The van der Waals surface area contributed by atoms with Crippen molar-refractivity contribution in [3.8, 4) is 11.5 Å². The molecule has 1 aromatic carbocycles. The Balaban J connectivity index is 2.09. The average Bonchev–Trinajstić information content (AvgIpc) is 2.61. The van der Waals surface area contributed by atoms with Crippen molar-refractivity contribution in [3.05, 3.63) is 23.8 Å². The Morgan fingerprint density at radius 3 is 2.93 bits per heavy atom. The molecule has 0 spiro atoms. The maximum Gasteiger partial charge on any atom is 0.231 e. The molecule has 0 N–H and O–H groups in total. The van der Waals surface area contributed by atoms with E-state index >= 15 is 0 Å². The molecule has 4 heteroatoms. The fraction of sp³-hybridized carbons (Fsp3) is 0.300. The summed E-state index contributed by atoms with van der Waals surface area (Å²) in [7, 11) is 2.18. The molecule has 1 atom stereocenters. The van der Waals surface area contributed by atoms with E-state index in [2.05, 4.69) is 9.24 Å². The number of hydrogen-bond donors (Lipinski definition) is 0. The minimum absolute atomic E-state index is 0.127. The Kier molecular flexibility index (Phi) is 2.69. The van der Waals surface area contributed by atoms with E-state index in [4.69, 9.17) is 9.47 Å². The first kappa shape index (κ1) is 9.47. The zero-order valence-corrected chi connectivity index (χ0v) is 8.81. The summed E-state index contributed by atoms with van der Waals surface area (Å²) in [5.74, 6) is 1.56. The fourth-order valence-corrected chi connectivity index (χ4v) is 1.51. The molecule has 1 heterocycles. The highest BCUT2D eigenvalue weighted by Crippen LogP contribution is 2.32. The Hall–Kier alpha value is -1.08. The number of aryl methyl sites for hydroxylation is 1. The molecule has 14 heavy (non-hydrogen) atoms. The summed E-state index contributed by atoms with van der Waals surface area (Å²) in [5.41, 5.74) is 1.23. The van der Waals surface area contributed by atoms with Crippen molar-refractivity contribution in [2.24, 2.45) is 0 Å². The van der Waals surface area contributed by atoms with Crippen LogP contribution < -0.4 is 9.47 Å². The molecule has 0 radical (unpaired) electrons. The highest BCUT2D eigenvalue weighted by molar-refractivity contribution is 7.40. The van der Waals surface area contributed by atoms with Crippen molar-refractivity contribution < 1.29 is 14.3 Å². The molecule has 0 aliphatic carbocycles. The molecule has 74 valence electrons. The van der Waals surface area contributed by atoms with E-state index in [9.17, 15) is 4.79 Å². The maximum atomic E-state index is 10.8. The monoisotopic (exact) mass is 210 g/mol. The predicted octanol–water partition coefficient (Wildman–Crippen LogP) is 1.75. The molecule has 1 aliphatic rings. The first-order chi connectivity index (χ1) is 6.75. The van der Waals surface area contributed by atoms with Gasteiger partial charge in [0.05, 0.1) is 0 Å². The smallest absolute Gasteiger partial charge is 0.231 e. The zero-order valence-electron chi connectivity index (χ0n) is 7.66. The third-order valence-electron chi connectivity index (χ3n) is 2.10. The van der Waals surface area contributed by atoms with Gasteiger partial charge in [-0.1, -0.05) is 15.3 Å². The number of benzene rings is 1. The van der Waals surface area contributed by atoms with E-state index in [1.165, 1.54) is 0 Å². The number of fused-ring (bicyclic) bond motifs is 1. The summed E-state index contributed by atoms with van der Waals surface area (Å²) >= 11 is 0. The first-order valence-electron chi connectivity index (χ1n) is 4.42. The van der Waals surface area contributed by atoms with Crippen LogP contribution in [-0.2, 0) is 11.2 Å². The van der Waals surface area contributed by atoms with Gasteiger partial charge in [-0.05, 0) is 24.1 Å². The van der Waals surface area contributed by atoms with E-state index in [0.29, 0.717) is 13.2 Å². The maximum absolute atomic E-state index is 10.8. The van der Waals surface area contributed by atoms with Gasteiger partial charge < -0.3 is 9.47 Å². The minimum atomic E-state index is 0.127. The van der Waals surface area contributed by atoms with Gasteiger partial charge >= 0.3 is 0 Å². The SMILES string of the molecule is O=C(P)CCc1ccc2c(c1)OCO2. The number of ether oxygens (including phenoxy) is 2. The molecule has 0 bridgehead atoms. The van der Waals surface area contributed by atoms with Crippen LogP contribution in [0.25, 0.3) is 0 Å². The fourth-order valence-electron chi connectivity index (χ4n) is 1.36. The summed E-state index contributed by atoms with van der Waals surface area (Å²) in [6, 6.07) is 5.77. The van der Waals surface area contributed by atoms with Gasteiger partial charge in [0.1, 0.15) is 5.52 Å². The van der Waals surface area contributed by atoms with E-state index in [0.717, 1.165) is 23.5 Å². The molecular formula is C10H11O3P. The molecule has 0 aromatic heterocycles. The van der Waals surface area contributed by atoms with Gasteiger partial charge in [0, 0.05) is 6.42 Å². The molecule has 0 amide bonds. The van der Waals surface area contributed by atoms with Crippen LogP contribution >= 0.6 is 9.24 Å². The van der Waals surface area contributed by atoms with Crippen LogP contribution in [0.1, 0.15) is 12.0 Å². The van der Waals surface area contributed by atoms with Crippen LogP contribution in [0, 0.1) is 0 Å². The quantitative estimate of drug-likeness (QED) is 0.713. The lowest BCUT2D eigenvalue weighted by Crippen LogP contribution is -1.93. The molecule has 1 unspecified atom stereocenters. The van der Waals surface area contributed by atoms with Gasteiger partial charge in [-0.2, -0.15) is 0 Å². The molecule has 3 nitrogen and oxygen atoms in total. The lowest BCUT2D eigenvalue weighted by molar-refractivity contribution is -0.111. The van der Waals surface area contributed by atoms with Gasteiger partial charge in [0.25, 0.3) is 0 Å². The summed E-state index contributed by atoms with van der Waals surface area (Å²) < 4.78 is 10.4. The van der Waals surface area contributed by atoms with Crippen molar-refractivity contribution in [2.75, 3.05) is 6.79 Å². The van der Waals surface area contributed by atoms with Crippen molar-refractivity contribution in [2.45, 2.75) is 12.8 Å². The number of hydrogen-bond acceptors (Lipinski definition) is 3. The van der Waals surface area contributed by atoms with E-state index in [1.807, 2.05) is 18.2 Å². The van der Waals surface area contributed by atoms with Crippen molar-refractivity contribution in [1.29, 1.82) is 0 Å². The number of carbonyl (C=O) groups excluding carboxylic acids is 1. The second-order valence-electron chi connectivity index (χ2n) is 3.15. The van der Waals surface area contributed by atoms with E-state index in [-0.39, 0.29) is 5.52 Å². The molecule has 1 aromatic rings. The minimum Gasteiger partial charge on any atom is -0.454 e. The lowest BCUT2D eigenvalue weighted by Gasteiger charge is -2.00. The first-order valence-corrected chi connectivity index (χ1v) is 5.00. The molecule has 0 saturated heterocycles. The largest absolute Gasteiger partial charge is 0.454 e. The molecule has 0 fully saturated rings. The Morgan fingerprint density at radius 1 is 1.36 bits per heavy atom. The molecule has 1 aliphatic heterocycles. The van der Waals surface area contributed by atoms with Crippen molar-refractivity contribution >= 4 is 14.8 Å². The van der Waals surface area contributed by atoms with E-state index in [1.54, 1.807) is 0 Å². The highest BCUT2D eigenvalue weighted by Gasteiger charge is 2.12. The van der Waals surface area contributed by atoms with Crippen molar-refractivity contribution in [1.82, 2.24) is 0 Å². The molecule has 0 saturated carbocycles. The summed E-state index contributed by atoms with van der Waals surface area (Å²) in [4.78, 5) is 10.8. The zero-order chi connectivity index (χ0) is 9.97. The summed E-state index contributed by atoms with van der Waals surface area (Å²) in [5, 5.41) is 0. The van der Waals surface area contributed by atoms with Crippen LogP contribution in [0.15, 0.2) is 18.2 Å². The number of rotatable bonds is 3. The van der Waals surface area contributed by atoms with Crippen LogP contribution in [0.5, 0.6) is 11.5 Å². The topological polar surface area (TPSA) is 35.5 Å². The summed E-state index contributed by atoms with van der Waals surface area (Å²) in [6.45, 7) is 0.293. The second-order valence-corrected chi connectivity index (χ2v) is 3.80. The van der Waals surface area contributed by atoms with Gasteiger partial charge in [0.15, 0.2) is 11.5 Å². The van der Waals surface area contributed by atoms with Crippen LogP contribution in [0.2, 0.25) is 0 Å². The van der Waals surface area contributed by atoms with Crippen LogP contribution in [0.4, 0.5) is 0 Å². The summed E-state index contributed by atoms with van der Waals surface area (Å²) in [6.07, 6.45) is 1.29. The number of carbonyl (C=O) groups is 1. The Bertz CT molecular complexity index is 362. The molecule has 2 rings (SSSR count). The van der Waals surface area contributed by atoms with Crippen LogP contribution in [-0.4, -0.2) is 12.3 Å². The third-order valence-corrected chi connectivity index (χ3v) is 2.39. The van der Waals surface area contributed by atoms with Gasteiger partial charge in [0.2, 0.25) is 6.79 Å². The van der Waals surface area contributed by atoms with Crippen molar-refractivity contribution in [3.63, 3.8) is 0 Å². The van der Waals surface area contributed by atoms with E-state index < -0.39 is 0 Å². The Labute approximate surface area is 84.6 Å². The van der Waals surface area contributed by atoms with Crippen LogP contribution in [0.3, 0.4) is 0 Å². The van der Waals surface area contributed by atoms with Gasteiger partial charge in [-0.3, -0.25) is 4.79 Å². The standard InChI is InChI=1S/C10H11O3P/c11-10(14)4-2-7-1-3-8-9(5-7)13-6-12-8/h1,3,5H,2,4,6,14H2. The second kappa shape index (κ2) is 3.97. The predicted molar refractivity (Wildman–Crippen MR) is 55.6 cm³/mol. The third kappa shape index (κ3) is 2.05. The normalized spacial score (nSPS) is 12.9. The highest BCUT2D eigenvalue weighted by atomic mass is 31.0. The van der Waals surface area contributed by atoms with Gasteiger partial charge in [-0.15, -0.1) is 0 Å². The average molecular weight is 210 g/mol. The molecular weight excluding hydrogens is 199 g/mol. The lowest BCUT2D eigenvalue weighted by atomic mass is 10.1. The Morgan fingerprint density at radius 2 is 2.14 bits per heavy atom.